The van der Waals surface area contributed by atoms with Crippen LogP contribution in [0.1, 0.15) is 13.8 Å². The molecule has 1 aromatic carbocycles. The fourth-order valence-corrected chi connectivity index (χ4v) is 1.71. The number of nitrogens with two attached hydrogens (primary N) is 1. The molecule has 0 radical (unpaired) electrons. The molecule has 110 valence electrons. The van der Waals surface area contributed by atoms with Gasteiger partial charge in [-0.1, -0.05) is 0 Å². The summed E-state index contributed by atoms with van der Waals surface area (Å²) in [6, 6.07) is 5.32. The van der Waals surface area contributed by atoms with Gasteiger partial charge in [0.05, 0.1) is 6.10 Å². The molecule has 1 aromatic heterocycles. The van der Waals surface area contributed by atoms with Crippen LogP contribution in [0.25, 0.3) is 0 Å². The number of anilines is 1. The lowest BCUT2D eigenvalue weighted by atomic mass is 10.3. The van der Waals surface area contributed by atoms with Crippen molar-refractivity contribution in [1.82, 2.24) is 15.0 Å². The quantitative estimate of drug-likeness (QED) is 0.908. The van der Waals surface area contributed by atoms with Crippen LogP contribution >= 0.6 is 0 Å². The molecule has 0 unspecified atom stereocenters. The SMILES string of the molecule is CC(C)Oc1nc(N)nc(Oc2ccc3c(c2)OCO3)n1. The first kappa shape index (κ1) is 13.2. The summed E-state index contributed by atoms with van der Waals surface area (Å²) >= 11 is 0. The van der Waals surface area contributed by atoms with E-state index in [2.05, 4.69) is 15.0 Å². The Bertz CT molecular complexity index is 663. The summed E-state index contributed by atoms with van der Waals surface area (Å²) in [6.07, 6.45) is -0.0785. The van der Waals surface area contributed by atoms with Gasteiger partial charge in [0.1, 0.15) is 5.75 Å². The highest BCUT2D eigenvalue weighted by molar-refractivity contribution is 5.47. The van der Waals surface area contributed by atoms with E-state index in [9.17, 15) is 0 Å². The van der Waals surface area contributed by atoms with Gasteiger partial charge in [0.2, 0.25) is 12.7 Å². The number of benzene rings is 1. The molecule has 1 aliphatic rings. The number of hydrogen-bond acceptors (Lipinski definition) is 8. The fourth-order valence-electron chi connectivity index (χ4n) is 1.71. The number of nitrogens with zero attached hydrogens (tertiary/aromatic N) is 3. The van der Waals surface area contributed by atoms with Crippen molar-refractivity contribution in [3.63, 3.8) is 0 Å². The molecule has 0 saturated carbocycles. The van der Waals surface area contributed by atoms with E-state index in [4.69, 9.17) is 24.7 Å². The second-order valence-corrected chi connectivity index (χ2v) is 4.54. The van der Waals surface area contributed by atoms with Crippen LogP contribution in [-0.2, 0) is 0 Å². The molecular formula is C13H14N4O4. The van der Waals surface area contributed by atoms with E-state index in [1.54, 1.807) is 18.2 Å². The molecule has 0 amide bonds. The lowest BCUT2D eigenvalue weighted by molar-refractivity contribution is 0.174. The third-order valence-electron chi connectivity index (χ3n) is 2.51. The Morgan fingerprint density at radius 2 is 1.86 bits per heavy atom. The summed E-state index contributed by atoms with van der Waals surface area (Å²) in [7, 11) is 0. The number of aromatic nitrogens is 3. The maximum atomic E-state index is 5.61. The van der Waals surface area contributed by atoms with E-state index >= 15 is 0 Å². The van der Waals surface area contributed by atoms with Gasteiger partial charge in [-0.2, -0.15) is 9.97 Å². The third kappa shape index (κ3) is 3.04. The third-order valence-corrected chi connectivity index (χ3v) is 2.51. The number of ether oxygens (including phenoxy) is 4. The van der Waals surface area contributed by atoms with Gasteiger partial charge in [-0.3, -0.25) is 0 Å². The van der Waals surface area contributed by atoms with Crippen LogP contribution in [0.3, 0.4) is 0 Å². The topological polar surface area (TPSA) is 102 Å². The van der Waals surface area contributed by atoms with Gasteiger partial charge in [0.25, 0.3) is 0 Å². The minimum atomic E-state index is -0.0785. The molecule has 0 bridgehead atoms. The fraction of sp³-hybridized carbons (Fsp3) is 0.308. The summed E-state index contributed by atoms with van der Waals surface area (Å²) in [6.45, 7) is 3.92. The minimum Gasteiger partial charge on any atom is -0.461 e. The molecule has 1 aliphatic heterocycles. The van der Waals surface area contributed by atoms with Gasteiger partial charge in [-0.05, 0) is 26.0 Å². The first-order chi connectivity index (χ1) is 10.1. The van der Waals surface area contributed by atoms with Crippen LogP contribution in [0.5, 0.6) is 29.3 Å². The highest BCUT2D eigenvalue weighted by Gasteiger charge is 2.15. The molecule has 2 aromatic rings. The standard InChI is InChI=1S/C13H14N4O4/c1-7(2)20-12-15-11(14)16-13(17-12)21-8-3-4-9-10(5-8)19-6-18-9/h3-5,7H,6H2,1-2H3,(H2,14,15,16,17). The van der Waals surface area contributed by atoms with E-state index < -0.39 is 0 Å². The van der Waals surface area contributed by atoms with Gasteiger partial charge in [-0.15, -0.1) is 4.98 Å². The predicted molar refractivity (Wildman–Crippen MR) is 72.6 cm³/mol. The zero-order valence-corrected chi connectivity index (χ0v) is 11.6. The van der Waals surface area contributed by atoms with Crippen LogP contribution in [-0.4, -0.2) is 27.8 Å². The average molecular weight is 290 g/mol. The van der Waals surface area contributed by atoms with E-state index in [0.717, 1.165) is 0 Å². The van der Waals surface area contributed by atoms with Crippen molar-refractivity contribution in [3.8, 4) is 29.3 Å². The van der Waals surface area contributed by atoms with Crippen molar-refractivity contribution in [2.75, 3.05) is 12.5 Å². The molecule has 0 spiro atoms. The van der Waals surface area contributed by atoms with E-state index in [1.165, 1.54) is 0 Å². The van der Waals surface area contributed by atoms with E-state index in [0.29, 0.717) is 17.2 Å². The predicted octanol–water partition coefficient (Wildman–Crippen LogP) is 1.76. The Balaban J connectivity index is 1.82. The minimum absolute atomic E-state index is 0.0244. The Morgan fingerprint density at radius 1 is 1.10 bits per heavy atom. The molecule has 21 heavy (non-hydrogen) atoms. The number of nitrogen functional groups attached to an aromatic ring is 1. The molecule has 2 heterocycles. The van der Waals surface area contributed by atoms with Gasteiger partial charge in [0, 0.05) is 6.07 Å². The second kappa shape index (κ2) is 5.31. The molecule has 8 heteroatoms. The summed E-state index contributed by atoms with van der Waals surface area (Å²) in [5.41, 5.74) is 5.61. The van der Waals surface area contributed by atoms with Gasteiger partial charge >= 0.3 is 12.0 Å². The highest BCUT2D eigenvalue weighted by Crippen LogP contribution is 2.36. The second-order valence-electron chi connectivity index (χ2n) is 4.54. The lowest BCUT2D eigenvalue weighted by Gasteiger charge is -2.09. The largest absolute Gasteiger partial charge is 0.461 e. The van der Waals surface area contributed by atoms with Gasteiger partial charge < -0.3 is 24.7 Å². The molecule has 0 saturated heterocycles. The van der Waals surface area contributed by atoms with Crippen molar-refractivity contribution in [1.29, 1.82) is 0 Å². The molecule has 0 fully saturated rings. The normalized spacial score (nSPS) is 12.5. The Labute approximate surface area is 120 Å². The van der Waals surface area contributed by atoms with Crippen molar-refractivity contribution in [2.45, 2.75) is 20.0 Å². The molecular weight excluding hydrogens is 276 g/mol. The molecule has 8 nitrogen and oxygen atoms in total. The lowest BCUT2D eigenvalue weighted by Crippen LogP contribution is -2.10. The van der Waals surface area contributed by atoms with Crippen LogP contribution in [0.15, 0.2) is 18.2 Å². The van der Waals surface area contributed by atoms with Crippen LogP contribution < -0.4 is 24.7 Å². The summed E-state index contributed by atoms with van der Waals surface area (Å²) in [5, 5.41) is 0. The first-order valence-corrected chi connectivity index (χ1v) is 6.36. The molecule has 2 N–H and O–H groups in total. The van der Waals surface area contributed by atoms with Crippen LogP contribution in [0.2, 0.25) is 0 Å². The van der Waals surface area contributed by atoms with Crippen LogP contribution in [0, 0.1) is 0 Å². The molecule has 0 aliphatic carbocycles. The maximum absolute atomic E-state index is 5.61. The Morgan fingerprint density at radius 3 is 2.67 bits per heavy atom. The van der Waals surface area contributed by atoms with Crippen molar-refractivity contribution in [2.24, 2.45) is 0 Å². The molecule has 3 rings (SSSR count). The zero-order valence-electron chi connectivity index (χ0n) is 11.6. The smallest absolute Gasteiger partial charge is 0.330 e. The maximum Gasteiger partial charge on any atom is 0.330 e. The van der Waals surface area contributed by atoms with Crippen molar-refractivity contribution < 1.29 is 18.9 Å². The zero-order chi connectivity index (χ0) is 14.8. The van der Waals surface area contributed by atoms with Crippen LogP contribution in [0.4, 0.5) is 5.95 Å². The highest BCUT2D eigenvalue weighted by atomic mass is 16.7. The van der Waals surface area contributed by atoms with Gasteiger partial charge in [-0.25, -0.2) is 0 Å². The number of fused-ring (bicyclic) bond motifs is 1. The van der Waals surface area contributed by atoms with Crippen molar-refractivity contribution >= 4 is 5.95 Å². The van der Waals surface area contributed by atoms with E-state index in [-0.39, 0.29) is 30.9 Å². The summed E-state index contributed by atoms with van der Waals surface area (Å²) in [4.78, 5) is 11.8. The number of rotatable bonds is 4. The van der Waals surface area contributed by atoms with E-state index in [1.807, 2.05) is 13.8 Å². The summed E-state index contributed by atoms with van der Waals surface area (Å²) in [5.74, 6) is 1.80. The first-order valence-electron chi connectivity index (χ1n) is 6.36. The average Bonchev–Trinajstić information content (AvgIpc) is 2.84. The van der Waals surface area contributed by atoms with Crippen molar-refractivity contribution in [3.05, 3.63) is 18.2 Å². The molecule has 0 atom stereocenters. The number of hydrogen-bond donors (Lipinski definition) is 1. The Kier molecular flexibility index (Phi) is 3.35. The summed E-state index contributed by atoms with van der Waals surface area (Å²) < 4.78 is 21.4. The van der Waals surface area contributed by atoms with Gasteiger partial charge in [0.15, 0.2) is 11.5 Å². The monoisotopic (exact) mass is 290 g/mol. The Hall–Kier alpha value is -2.77.